The summed E-state index contributed by atoms with van der Waals surface area (Å²) in [5.41, 5.74) is 14.6. The predicted molar refractivity (Wildman–Crippen MR) is 284 cm³/mol. The Hall–Kier alpha value is -6.49. The minimum atomic E-state index is -3.43. The molecule has 6 aromatic rings. The van der Waals surface area contributed by atoms with Crippen LogP contribution >= 0.6 is 10.7 Å². The normalized spacial score (nSPS) is 15.5. The molecule has 2 aliphatic carbocycles. The Kier molecular flexibility index (Phi) is 17.2. The van der Waals surface area contributed by atoms with Crippen LogP contribution in [0.5, 0.6) is 23.0 Å². The summed E-state index contributed by atoms with van der Waals surface area (Å²) in [6.45, 7) is 13.0. The molecular formula is C54H63ClN6O8S2. The number of fused-ring (bicyclic) bond motifs is 2. The molecule has 0 saturated heterocycles. The molecule has 14 nitrogen and oxygen atoms in total. The summed E-state index contributed by atoms with van der Waals surface area (Å²) in [6.07, 6.45) is 9.79. The second-order valence-electron chi connectivity index (χ2n) is 19.9. The first-order valence-corrected chi connectivity index (χ1v) is 27.8. The molecule has 0 saturated carbocycles. The standard InChI is InChI=1S/C27H31N3O4S.C26H29N3O2.CH3ClO2S/c1-27(2,3)21-6-5-7-22(16-21)29-26(31)19-9-8-18-10-11-23(15-20(18)14-19)34-24-12-13-28-25(17-24)30-35(4,32)33;1-26(2,3)20-5-4-6-21(15-20)29-25(30)18-8-7-17-9-10-22(14-19(17)13-18)31-23-11-12-28-24(27)16-23;1-5(2,3)4/h5-7,10-13,15-17,19H,8-9,14H2,1-4H3,(H,28,30)(H,29,31);4-6,9-12,14-16,18H,7-8,13H2,1-3H3,(H2,27,28)(H,29,30);1H3. The van der Waals surface area contributed by atoms with E-state index in [1.54, 1.807) is 24.4 Å². The van der Waals surface area contributed by atoms with Crippen LogP contribution in [-0.2, 0) is 65.2 Å². The monoisotopic (exact) mass is 1020 g/mol. The lowest BCUT2D eigenvalue weighted by Gasteiger charge is -2.25. The Balaban J connectivity index is 0.000000213. The van der Waals surface area contributed by atoms with E-state index in [1.165, 1.54) is 34.5 Å². The molecule has 0 spiro atoms. The summed E-state index contributed by atoms with van der Waals surface area (Å²) in [6, 6.07) is 34.8. The van der Waals surface area contributed by atoms with Crippen LogP contribution in [-0.4, -0.2) is 51.1 Å². The van der Waals surface area contributed by atoms with Gasteiger partial charge in [0.1, 0.15) is 34.6 Å². The smallest absolute Gasteiger partial charge is 0.230 e. The molecule has 17 heteroatoms. The first-order chi connectivity index (χ1) is 33.2. The Morgan fingerprint density at radius 2 is 1.01 bits per heavy atom. The van der Waals surface area contributed by atoms with Crippen molar-refractivity contribution in [2.45, 2.75) is 90.9 Å². The number of nitrogens with one attached hydrogen (secondary N) is 3. The number of halogens is 1. The van der Waals surface area contributed by atoms with Crippen molar-refractivity contribution in [3.05, 3.63) is 155 Å². The van der Waals surface area contributed by atoms with Crippen molar-refractivity contribution in [3.8, 4) is 23.0 Å². The molecule has 2 aliphatic rings. The zero-order valence-corrected chi connectivity index (χ0v) is 43.8. The number of rotatable bonds is 10. The number of aryl methyl sites for hydroxylation is 2. The summed E-state index contributed by atoms with van der Waals surface area (Å²) in [7, 11) is -2.12. The van der Waals surface area contributed by atoms with E-state index in [2.05, 4.69) is 102 Å². The maximum absolute atomic E-state index is 13.1. The molecule has 2 amide bonds. The van der Waals surface area contributed by atoms with Crippen LogP contribution in [0.4, 0.5) is 23.0 Å². The molecule has 0 bridgehead atoms. The number of pyridine rings is 2. The number of amides is 2. The van der Waals surface area contributed by atoms with Crippen molar-refractivity contribution in [2.24, 2.45) is 11.8 Å². The number of nitrogens with zero attached hydrogens (tertiary/aromatic N) is 2. The van der Waals surface area contributed by atoms with Crippen molar-refractivity contribution in [2.75, 3.05) is 33.6 Å². The Morgan fingerprint density at radius 3 is 1.44 bits per heavy atom. The minimum absolute atomic E-state index is 0.0113. The van der Waals surface area contributed by atoms with Crippen LogP contribution in [0.1, 0.15) is 87.8 Å². The second kappa shape index (κ2) is 22.7. The highest BCUT2D eigenvalue weighted by molar-refractivity contribution is 8.13. The number of nitrogens with two attached hydrogens (primary N) is 1. The third-order valence-electron chi connectivity index (χ3n) is 11.8. The summed E-state index contributed by atoms with van der Waals surface area (Å²) in [5, 5.41) is 6.23. The van der Waals surface area contributed by atoms with Gasteiger partial charge in [-0.25, -0.2) is 26.8 Å². The highest BCUT2D eigenvalue weighted by Gasteiger charge is 2.27. The molecule has 0 radical (unpaired) electrons. The van der Waals surface area contributed by atoms with Gasteiger partial charge in [0, 0.05) is 58.4 Å². The van der Waals surface area contributed by atoms with Gasteiger partial charge in [-0.1, -0.05) is 77.9 Å². The van der Waals surface area contributed by atoms with Crippen LogP contribution in [0, 0.1) is 11.8 Å². The molecule has 5 N–H and O–H groups in total. The number of nitrogen functional groups attached to an aromatic ring is 1. The summed E-state index contributed by atoms with van der Waals surface area (Å²) in [4.78, 5) is 34.0. The van der Waals surface area contributed by atoms with Gasteiger partial charge in [-0.3, -0.25) is 14.3 Å². The number of carbonyl (C=O) groups is 2. The maximum atomic E-state index is 13.1. The van der Waals surface area contributed by atoms with Gasteiger partial charge in [0.25, 0.3) is 0 Å². The zero-order chi connectivity index (χ0) is 51.7. The largest absolute Gasteiger partial charge is 0.457 e. The average molecular weight is 1020 g/mol. The van der Waals surface area contributed by atoms with Gasteiger partial charge in [0.15, 0.2) is 0 Å². The maximum Gasteiger partial charge on any atom is 0.230 e. The highest BCUT2D eigenvalue weighted by atomic mass is 35.7. The quantitative estimate of drug-likeness (QED) is 0.0949. The fourth-order valence-electron chi connectivity index (χ4n) is 8.14. The average Bonchev–Trinajstić information content (AvgIpc) is 3.27. The highest BCUT2D eigenvalue weighted by Crippen LogP contribution is 2.34. The topological polar surface area (TPSA) is 209 Å². The number of ether oxygens (including phenoxy) is 2. The van der Waals surface area contributed by atoms with E-state index in [-0.39, 0.29) is 40.3 Å². The van der Waals surface area contributed by atoms with Gasteiger partial charge in [0.05, 0.1) is 12.5 Å². The van der Waals surface area contributed by atoms with Crippen molar-refractivity contribution >= 4 is 64.6 Å². The first kappa shape index (κ1) is 53.9. The van der Waals surface area contributed by atoms with Gasteiger partial charge >= 0.3 is 0 Å². The molecule has 0 fully saturated rings. The van der Waals surface area contributed by atoms with Gasteiger partial charge in [0.2, 0.25) is 30.9 Å². The zero-order valence-electron chi connectivity index (χ0n) is 41.4. The van der Waals surface area contributed by atoms with Gasteiger partial charge < -0.3 is 25.8 Å². The Morgan fingerprint density at radius 1 is 0.592 bits per heavy atom. The molecule has 8 rings (SSSR count). The first-order valence-electron chi connectivity index (χ1n) is 23.2. The van der Waals surface area contributed by atoms with Gasteiger partial charge in [-0.05, 0) is 143 Å². The van der Waals surface area contributed by atoms with Crippen LogP contribution in [0.15, 0.2) is 122 Å². The summed E-state index contributed by atoms with van der Waals surface area (Å²) in [5.74, 6) is 3.01. The lowest BCUT2D eigenvalue weighted by molar-refractivity contribution is -0.121. The Labute approximate surface area is 422 Å². The van der Waals surface area contributed by atoms with E-state index >= 15 is 0 Å². The van der Waals surface area contributed by atoms with Crippen LogP contribution in [0.3, 0.4) is 0 Å². The molecule has 2 aromatic heterocycles. The van der Waals surface area contributed by atoms with Crippen molar-refractivity contribution in [1.82, 2.24) is 9.97 Å². The molecule has 376 valence electrons. The molecule has 2 atom stereocenters. The Bertz CT molecular complexity index is 3090. The molecule has 4 aromatic carbocycles. The van der Waals surface area contributed by atoms with Gasteiger partial charge in [-0.15, -0.1) is 0 Å². The van der Waals surface area contributed by atoms with Crippen molar-refractivity contribution < 1.29 is 35.9 Å². The summed E-state index contributed by atoms with van der Waals surface area (Å²) < 4.78 is 56.0. The van der Waals surface area contributed by atoms with E-state index in [0.29, 0.717) is 35.9 Å². The number of sulfonamides is 1. The van der Waals surface area contributed by atoms with E-state index in [1.807, 2.05) is 60.7 Å². The second-order valence-corrected chi connectivity index (χ2v) is 24.7. The number of benzene rings is 4. The molecular weight excluding hydrogens is 960 g/mol. The van der Waals surface area contributed by atoms with E-state index in [9.17, 15) is 26.4 Å². The number of aromatic nitrogens is 2. The SMILES string of the molecule is CC(C)(C)c1cccc(NC(=O)C2CCc3ccc(Oc4ccnc(N)c4)cc3C2)c1.CC(C)(C)c1cccc(NC(=O)C2CCc3ccc(Oc4ccnc(NS(C)(=O)=O)c4)cc3C2)c1.CS(=O)(=O)Cl. The predicted octanol–water partition coefficient (Wildman–Crippen LogP) is 11.0. The summed E-state index contributed by atoms with van der Waals surface area (Å²) >= 11 is 0. The fraction of sp³-hybridized carbons (Fsp3) is 0.333. The lowest BCUT2D eigenvalue weighted by Crippen LogP contribution is -2.28. The van der Waals surface area contributed by atoms with Crippen LogP contribution < -0.4 is 30.6 Å². The van der Waals surface area contributed by atoms with Crippen LogP contribution in [0.25, 0.3) is 0 Å². The minimum Gasteiger partial charge on any atom is -0.457 e. The number of anilines is 4. The molecule has 2 heterocycles. The van der Waals surface area contributed by atoms with Crippen LogP contribution in [0.2, 0.25) is 0 Å². The third-order valence-corrected chi connectivity index (χ3v) is 12.4. The van der Waals surface area contributed by atoms with E-state index in [4.69, 9.17) is 15.2 Å². The van der Waals surface area contributed by atoms with E-state index < -0.39 is 19.1 Å². The lowest BCUT2D eigenvalue weighted by atomic mass is 9.83. The van der Waals surface area contributed by atoms with Crippen molar-refractivity contribution in [3.63, 3.8) is 0 Å². The number of hydrogen-bond donors (Lipinski definition) is 4. The third kappa shape index (κ3) is 17.1. The fourth-order valence-corrected chi connectivity index (χ4v) is 8.63. The molecule has 71 heavy (non-hydrogen) atoms. The van der Waals surface area contributed by atoms with Crippen molar-refractivity contribution in [1.29, 1.82) is 0 Å². The number of carbonyl (C=O) groups excluding carboxylic acids is 2. The molecule has 0 aliphatic heterocycles. The number of hydrogen-bond acceptors (Lipinski definition) is 11. The van der Waals surface area contributed by atoms with Gasteiger partial charge in [-0.2, -0.15) is 0 Å². The molecule has 2 unspecified atom stereocenters. The van der Waals surface area contributed by atoms with E-state index in [0.717, 1.165) is 66.4 Å².